The van der Waals surface area contributed by atoms with E-state index in [1.807, 2.05) is 45.0 Å². The van der Waals surface area contributed by atoms with E-state index in [2.05, 4.69) is 24.3 Å². The van der Waals surface area contributed by atoms with Crippen molar-refractivity contribution in [1.29, 1.82) is 0 Å². The summed E-state index contributed by atoms with van der Waals surface area (Å²) < 4.78 is 18.4. The Labute approximate surface area is 159 Å². The number of benzene rings is 2. The Morgan fingerprint density at radius 3 is 1.92 bits per heavy atom. The van der Waals surface area contributed by atoms with E-state index in [9.17, 15) is 4.79 Å². The average Bonchev–Trinajstić information content (AvgIpc) is 2.55. The van der Waals surface area contributed by atoms with E-state index in [1.54, 1.807) is 7.11 Å². The van der Waals surface area contributed by atoms with Crippen LogP contribution in [0, 0.1) is 12.6 Å². The van der Waals surface area contributed by atoms with Crippen molar-refractivity contribution in [2.75, 3.05) is 13.9 Å². The van der Waals surface area contributed by atoms with Crippen molar-refractivity contribution < 1.29 is 40.2 Å². The standard InChI is InChI=1S/C20H24IO4/c1-20(2,3)13-19(22)25-14-24-18-11-7-16(8-12-18)21-15-5-9-17(23-4)10-6-15/h5-12H,13-14H2,1-4H3/q-1. The van der Waals surface area contributed by atoms with E-state index in [0.717, 1.165) is 5.75 Å². The minimum absolute atomic E-state index is 0.0538. The van der Waals surface area contributed by atoms with Crippen LogP contribution in [-0.2, 0) is 9.53 Å². The molecule has 2 rings (SSSR count). The Morgan fingerprint density at radius 1 is 0.920 bits per heavy atom. The molecule has 0 unspecified atom stereocenters. The number of carbonyl (C=O) groups is 1. The fraction of sp³-hybridized carbons (Fsp3) is 0.350. The van der Waals surface area contributed by atoms with Gasteiger partial charge in [0.25, 0.3) is 0 Å². The summed E-state index contributed by atoms with van der Waals surface area (Å²) in [6, 6.07) is 16.1. The molecule has 0 N–H and O–H groups in total. The molecule has 0 fully saturated rings. The van der Waals surface area contributed by atoms with Crippen LogP contribution in [0.1, 0.15) is 27.2 Å². The van der Waals surface area contributed by atoms with Gasteiger partial charge in [-0.2, -0.15) is 0 Å². The maximum atomic E-state index is 11.6. The minimum atomic E-state index is -0.241. The summed E-state index contributed by atoms with van der Waals surface area (Å²) in [5, 5.41) is 0. The Balaban J connectivity index is 1.80. The van der Waals surface area contributed by atoms with Gasteiger partial charge in [0.05, 0.1) is 0 Å². The van der Waals surface area contributed by atoms with Gasteiger partial charge in [-0.05, 0) is 0 Å². The van der Waals surface area contributed by atoms with E-state index in [1.165, 1.54) is 7.14 Å². The van der Waals surface area contributed by atoms with E-state index in [0.29, 0.717) is 12.2 Å². The first-order chi connectivity index (χ1) is 11.9. The van der Waals surface area contributed by atoms with Gasteiger partial charge in [-0.15, -0.1) is 0 Å². The van der Waals surface area contributed by atoms with Crippen molar-refractivity contribution in [3.8, 4) is 11.5 Å². The van der Waals surface area contributed by atoms with Gasteiger partial charge in [0.15, 0.2) is 0 Å². The van der Waals surface area contributed by atoms with E-state index < -0.39 is 0 Å². The second kappa shape index (κ2) is 9.08. The summed E-state index contributed by atoms with van der Waals surface area (Å²) in [4.78, 5) is 11.6. The number of ether oxygens (including phenoxy) is 3. The Kier molecular flexibility index (Phi) is 7.11. The molecule has 25 heavy (non-hydrogen) atoms. The first kappa shape index (κ1) is 19.6. The molecule has 0 saturated carbocycles. The van der Waals surface area contributed by atoms with Crippen LogP contribution < -0.4 is 30.7 Å². The molecule has 0 heterocycles. The molecule has 2 aromatic rings. The SMILES string of the molecule is COc1ccc([I-]c2ccc(OCOC(=O)CC(C)(C)C)cc2)cc1. The molecule has 0 atom stereocenters. The molecule has 2 aromatic carbocycles. The van der Waals surface area contributed by atoms with Gasteiger partial charge < -0.3 is 0 Å². The zero-order valence-corrected chi connectivity index (χ0v) is 17.2. The van der Waals surface area contributed by atoms with E-state index in [-0.39, 0.29) is 39.4 Å². The molecule has 0 aromatic heterocycles. The predicted molar refractivity (Wildman–Crippen MR) is 92.5 cm³/mol. The monoisotopic (exact) mass is 455 g/mol. The first-order valence-electron chi connectivity index (χ1n) is 8.03. The van der Waals surface area contributed by atoms with Gasteiger partial charge in [0, 0.05) is 0 Å². The summed E-state index contributed by atoms with van der Waals surface area (Å²) in [7, 11) is 1.67. The van der Waals surface area contributed by atoms with Crippen LogP contribution in [0.4, 0.5) is 0 Å². The zero-order chi connectivity index (χ0) is 18.3. The normalized spacial score (nSPS) is 11.2. The molecule has 0 aliphatic rings. The van der Waals surface area contributed by atoms with Crippen molar-refractivity contribution in [3.05, 3.63) is 55.7 Å². The molecule has 0 bridgehead atoms. The van der Waals surface area contributed by atoms with Crippen molar-refractivity contribution in [1.82, 2.24) is 0 Å². The van der Waals surface area contributed by atoms with Gasteiger partial charge in [-0.3, -0.25) is 0 Å². The molecular formula is C20H24IO4-. The zero-order valence-electron chi connectivity index (χ0n) is 15.0. The second-order valence-corrected chi connectivity index (χ2v) is 9.75. The predicted octanol–water partition coefficient (Wildman–Crippen LogP) is 1.14. The van der Waals surface area contributed by atoms with Gasteiger partial charge in [-0.1, -0.05) is 0 Å². The third-order valence-corrected chi connectivity index (χ3v) is 5.89. The number of methoxy groups -OCH3 is 1. The number of esters is 1. The Morgan fingerprint density at radius 2 is 1.44 bits per heavy atom. The summed E-state index contributed by atoms with van der Waals surface area (Å²) in [5.41, 5.74) is -0.0795. The van der Waals surface area contributed by atoms with Crippen molar-refractivity contribution in [3.63, 3.8) is 0 Å². The molecule has 0 aliphatic carbocycles. The average molecular weight is 455 g/mol. The van der Waals surface area contributed by atoms with Crippen LogP contribution in [0.3, 0.4) is 0 Å². The van der Waals surface area contributed by atoms with Crippen molar-refractivity contribution in [2.45, 2.75) is 27.2 Å². The molecule has 0 amide bonds. The molecule has 5 heteroatoms. The second-order valence-electron chi connectivity index (χ2n) is 6.72. The summed E-state index contributed by atoms with van der Waals surface area (Å²) in [5.74, 6) is 1.33. The molecule has 136 valence electrons. The third kappa shape index (κ3) is 7.34. The van der Waals surface area contributed by atoms with Crippen LogP contribution >= 0.6 is 0 Å². The topological polar surface area (TPSA) is 44.8 Å². The number of rotatable bonds is 7. The van der Waals surface area contributed by atoms with Gasteiger partial charge in [0.2, 0.25) is 0 Å². The van der Waals surface area contributed by atoms with Crippen LogP contribution in [0.15, 0.2) is 48.5 Å². The van der Waals surface area contributed by atoms with Crippen LogP contribution in [0.5, 0.6) is 11.5 Å². The molecular weight excluding hydrogens is 431 g/mol. The summed E-state index contributed by atoms with van der Waals surface area (Å²) >= 11 is -0.239. The first-order valence-corrected chi connectivity index (χ1v) is 10.2. The fourth-order valence-corrected chi connectivity index (χ4v) is 4.16. The maximum absolute atomic E-state index is 11.6. The van der Waals surface area contributed by atoms with E-state index >= 15 is 0 Å². The fourth-order valence-electron chi connectivity index (χ4n) is 2.00. The summed E-state index contributed by atoms with van der Waals surface area (Å²) in [6.45, 7) is 5.95. The number of hydrogen-bond donors (Lipinski definition) is 0. The number of hydrogen-bond acceptors (Lipinski definition) is 4. The quantitative estimate of drug-likeness (QED) is 0.357. The molecule has 0 saturated heterocycles. The van der Waals surface area contributed by atoms with Crippen LogP contribution in [-0.4, -0.2) is 19.9 Å². The van der Waals surface area contributed by atoms with Gasteiger partial charge in [0.1, 0.15) is 0 Å². The van der Waals surface area contributed by atoms with Gasteiger partial charge in [-0.25, -0.2) is 0 Å². The van der Waals surface area contributed by atoms with Gasteiger partial charge >= 0.3 is 160 Å². The van der Waals surface area contributed by atoms with Crippen molar-refractivity contribution >= 4 is 5.97 Å². The molecule has 0 spiro atoms. The van der Waals surface area contributed by atoms with Crippen LogP contribution in [0.2, 0.25) is 0 Å². The van der Waals surface area contributed by atoms with E-state index in [4.69, 9.17) is 14.2 Å². The van der Waals surface area contributed by atoms with Crippen molar-refractivity contribution in [2.24, 2.45) is 5.41 Å². The molecule has 0 radical (unpaired) electrons. The molecule has 0 aliphatic heterocycles. The Hall–Kier alpha value is -1.76. The summed E-state index contributed by atoms with van der Waals surface area (Å²) in [6.07, 6.45) is 0.377. The van der Waals surface area contributed by atoms with Crippen LogP contribution in [0.25, 0.3) is 0 Å². The molecule has 4 nitrogen and oxygen atoms in total. The number of halogens is 1. The Bertz CT molecular complexity index is 672. The third-order valence-electron chi connectivity index (χ3n) is 3.20. The number of carbonyl (C=O) groups excluding carboxylic acids is 1.